The summed E-state index contributed by atoms with van der Waals surface area (Å²) in [7, 11) is 0. The van der Waals surface area contributed by atoms with Crippen molar-refractivity contribution in [1.29, 1.82) is 0 Å². The maximum absolute atomic E-state index is 18.4. The Bertz CT molecular complexity index is 1600. The van der Waals surface area contributed by atoms with Crippen molar-refractivity contribution < 1.29 is 10.4 Å². The fourth-order valence-corrected chi connectivity index (χ4v) is 17.4. The molecule has 0 aromatic heterocycles. The third-order valence-electron chi connectivity index (χ3n) is 7.34. The monoisotopic (exact) mass is 582 g/mol. The molecule has 0 amide bonds. The molecule has 0 fully saturated rings. The van der Waals surface area contributed by atoms with Crippen LogP contribution in [0.1, 0.15) is 0 Å². The minimum absolute atomic E-state index is 0.0850. The van der Waals surface area contributed by atoms with E-state index in [0.29, 0.717) is 22.7 Å². The molecule has 36 heavy (non-hydrogen) atoms. The second-order valence-electron chi connectivity index (χ2n) is 9.24. The fourth-order valence-electron chi connectivity index (χ4n) is 6.04. The molecule has 6 heteroatoms. The van der Waals surface area contributed by atoms with Gasteiger partial charge in [0.2, 0.25) is 0 Å². The molecule has 0 unspecified atom stereocenters. The summed E-state index contributed by atoms with van der Waals surface area (Å²) in [6.45, 7) is 0. The Hall–Kier alpha value is -3.82. The van der Waals surface area contributed by atoms with Crippen LogP contribution in [0.3, 0.4) is 0 Å². The minimum atomic E-state index is -7.00. The molecule has 0 aliphatic carbocycles. The molecule has 3 aliphatic heterocycles. The molecule has 0 atom stereocenters. The van der Waals surface area contributed by atoms with Gasteiger partial charge in [0, 0.05) is 0 Å². The number of halogens is 2. The van der Waals surface area contributed by atoms with Gasteiger partial charge >= 0.3 is 210 Å². The van der Waals surface area contributed by atoms with Crippen LogP contribution in [0.2, 0.25) is 0 Å². The van der Waals surface area contributed by atoms with E-state index in [2.05, 4.69) is 0 Å². The van der Waals surface area contributed by atoms with Crippen LogP contribution in [0.4, 0.5) is 39.8 Å². The molecule has 3 heterocycles. The third-order valence-corrected chi connectivity index (χ3v) is 17.9. The van der Waals surface area contributed by atoms with Crippen LogP contribution < -0.4 is 25.1 Å². The number of hydrogen-bond donors (Lipinski definition) is 0. The van der Waals surface area contributed by atoms with E-state index in [4.69, 9.17) is 4.74 Å². The van der Waals surface area contributed by atoms with Gasteiger partial charge in [-0.2, -0.15) is 0 Å². The maximum atomic E-state index is 18.4. The van der Waals surface area contributed by atoms with Gasteiger partial charge in [0.1, 0.15) is 0 Å². The van der Waals surface area contributed by atoms with Gasteiger partial charge < -0.3 is 0 Å². The van der Waals surface area contributed by atoms with E-state index in [1.165, 1.54) is 0 Å². The predicted octanol–water partition coefficient (Wildman–Crippen LogP) is 6.72. The summed E-state index contributed by atoms with van der Waals surface area (Å²) in [5, 5.41) is 0. The van der Waals surface area contributed by atoms with Crippen molar-refractivity contribution in [2.75, 3.05) is 9.80 Å². The van der Waals surface area contributed by atoms with E-state index < -0.39 is 18.6 Å². The number of para-hydroxylation sites is 2. The van der Waals surface area contributed by atoms with Gasteiger partial charge in [-0.1, -0.05) is 0 Å². The molecule has 5 aromatic carbocycles. The Morgan fingerprint density at radius 3 is 1.28 bits per heavy atom. The van der Waals surface area contributed by atoms with Crippen molar-refractivity contribution >= 4 is 63.2 Å². The van der Waals surface area contributed by atoms with Gasteiger partial charge in [-0.3, -0.25) is 0 Å². The van der Waals surface area contributed by atoms with Crippen LogP contribution in [0.25, 0.3) is 0 Å². The van der Waals surface area contributed by atoms with Gasteiger partial charge in [-0.05, 0) is 0 Å². The summed E-state index contributed by atoms with van der Waals surface area (Å²) in [6, 6.07) is 35.6. The Labute approximate surface area is 209 Å². The van der Waals surface area contributed by atoms with Crippen molar-refractivity contribution in [2.24, 2.45) is 0 Å². The second kappa shape index (κ2) is 6.68. The van der Waals surface area contributed by atoms with Gasteiger partial charge in [0.05, 0.1) is 0 Å². The quantitative estimate of drug-likeness (QED) is 0.211. The summed E-state index contributed by atoms with van der Waals surface area (Å²) < 4.78 is 43.3. The second-order valence-corrected chi connectivity index (χ2v) is 18.2. The van der Waals surface area contributed by atoms with Crippen molar-refractivity contribution in [3.8, 4) is 11.5 Å². The first-order valence-corrected chi connectivity index (χ1v) is 17.6. The first kappa shape index (κ1) is 20.4. The molecule has 0 saturated carbocycles. The van der Waals surface area contributed by atoms with E-state index >= 15 is 5.63 Å². The van der Waals surface area contributed by atoms with Crippen LogP contribution in [0, 0.1) is 0 Å². The Balaban J connectivity index is 1.59. The summed E-state index contributed by atoms with van der Waals surface area (Å²) in [5.41, 5.74) is 3.76. The molecular weight excluding hydrogens is 564 g/mol. The molecule has 0 saturated heterocycles. The van der Waals surface area contributed by atoms with Gasteiger partial charge in [-0.15, -0.1) is 0 Å². The van der Waals surface area contributed by atoms with Gasteiger partial charge in [-0.25, -0.2) is 0 Å². The number of nitrogens with zero attached hydrogens (tertiary/aromatic N) is 2. The number of rotatable bonds is 2. The number of benzene rings is 5. The van der Waals surface area contributed by atoms with Crippen molar-refractivity contribution in [3.63, 3.8) is 0 Å². The number of anilines is 6. The molecule has 5 aromatic rings. The molecule has 0 N–H and O–H groups in total. The average molecular weight is 583 g/mol. The van der Waals surface area contributed by atoms with Crippen molar-refractivity contribution in [2.45, 2.75) is 0 Å². The topological polar surface area (TPSA) is 15.7 Å². The third kappa shape index (κ3) is 2.28. The van der Waals surface area contributed by atoms with Crippen LogP contribution in [-0.2, 0) is 0 Å². The first-order valence-electron chi connectivity index (χ1n) is 11.8. The predicted molar refractivity (Wildman–Crippen MR) is 143 cm³/mol. The summed E-state index contributed by atoms with van der Waals surface area (Å²) in [5.74, 6) is 0.525. The normalized spacial score (nSPS) is 17.9. The number of ether oxygens (including phenoxy) is 1. The van der Waals surface area contributed by atoms with Crippen LogP contribution in [0.5, 0.6) is 11.5 Å². The van der Waals surface area contributed by atoms with E-state index in [-0.39, 0.29) is 22.0 Å². The molecule has 0 bridgehead atoms. The molecule has 0 radical (unpaired) electrons. The number of hydrogen-bond acceptors (Lipinski definition) is 3. The summed E-state index contributed by atoms with van der Waals surface area (Å²) in [4.78, 5) is 3.94. The molecule has 0 spiro atoms. The zero-order valence-corrected chi connectivity index (χ0v) is 21.5. The summed E-state index contributed by atoms with van der Waals surface area (Å²) >= 11 is -7.00. The van der Waals surface area contributed by atoms with Gasteiger partial charge in [0.15, 0.2) is 0 Å². The van der Waals surface area contributed by atoms with Crippen LogP contribution in [0.15, 0.2) is 115 Å². The Morgan fingerprint density at radius 2 is 0.833 bits per heavy atom. The van der Waals surface area contributed by atoms with E-state index in [0.717, 1.165) is 11.4 Å². The first-order chi connectivity index (χ1) is 17.6. The zero-order valence-electron chi connectivity index (χ0n) is 19.0. The van der Waals surface area contributed by atoms with Crippen LogP contribution in [-0.4, -0.2) is 18.6 Å². The van der Waals surface area contributed by atoms with Crippen molar-refractivity contribution in [3.05, 3.63) is 115 Å². The Kier molecular flexibility index (Phi) is 3.78. The van der Waals surface area contributed by atoms with Crippen LogP contribution >= 0.6 is 0 Å². The standard InChI is InChI=1S/C30H19N2O.2FH.Sb/c1-3-10-23(11-4-1)31-25-14-7-15-26(20-25)32(24-12-5-2-6-13-24)28-17-9-19-30(22-28)33-29-18-8-16-27(31)21-29;;;/h1-19H;2*1H;/q;;;+2/p-2. The van der Waals surface area contributed by atoms with E-state index in [1.807, 2.05) is 101 Å². The molecule has 174 valence electrons. The zero-order chi connectivity index (χ0) is 24.1. The Morgan fingerprint density at radius 1 is 0.444 bits per heavy atom. The molecule has 3 aliphatic rings. The average Bonchev–Trinajstić information content (AvgIpc) is 2.90. The van der Waals surface area contributed by atoms with E-state index in [9.17, 15) is 0 Å². The van der Waals surface area contributed by atoms with E-state index in [1.54, 1.807) is 24.3 Å². The molecular formula is C30H19F2N2OSb. The fraction of sp³-hybridized carbons (Fsp3) is 0. The summed E-state index contributed by atoms with van der Waals surface area (Å²) in [6.07, 6.45) is 0. The molecule has 8 rings (SSSR count). The van der Waals surface area contributed by atoms with Crippen molar-refractivity contribution in [1.82, 2.24) is 0 Å². The molecule has 3 nitrogen and oxygen atoms in total. The SMILES string of the molecule is [F][Sb]12([F])[c]3c4cccc3N(c3ccccc3)c3cccc([c]31)N(c1ccccc1)c1cccc([c]12)O4. The van der Waals surface area contributed by atoms with Gasteiger partial charge in [0.25, 0.3) is 0 Å².